The third-order valence-electron chi connectivity index (χ3n) is 2.12. The Balaban J connectivity index is 2.30. The molecule has 0 spiro atoms. The number of methoxy groups -OCH3 is 1. The second kappa shape index (κ2) is 7.14. The Hall–Kier alpha value is -1.26. The molecule has 1 rings (SSSR count). The van der Waals surface area contributed by atoms with Crippen LogP contribution in [0.2, 0.25) is 5.02 Å². The van der Waals surface area contributed by atoms with Gasteiger partial charge in [-0.3, -0.25) is 4.79 Å². The van der Waals surface area contributed by atoms with Gasteiger partial charge in [-0.25, -0.2) is 0 Å². The van der Waals surface area contributed by atoms with Gasteiger partial charge in [-0.2, -0.15) is 0 Å². The summed E-state index contributed by atoms with van der Waals surface area (Å²) in [6.45, 7) is 2.63. The Kier molecular flexibility index (Phi) is 5.80. The van der Waals surface area contributed by atoms with Crippen LogP contribution in [0.25, 0.3) is 0 Å². The Morgan fingerprint density at radius 1 is 1.41 bits per heavy atom. The molecule has 0 aliphatic carbocycles. The minimum absolute atomic E-state index is 0.0134. The molecule has 0 saturated carbocycles. The van der Waals surface area contributed by atoms with Crippen LogP contribution in [-0.4, -0.2) is 32.2 Å². The van der Waals surface area contributed by atoms with Crippen LogP contribution < -0.4 is 10.6 Å². The lowest BCUT2D eigenvalue weighted by Gasteiger charge is -2.13. The quantitative estimate of drug-likeness (QED) is 0.817. The van der Waals surface area contributed by atoms with Gasteiger partial charge in [0.2, 0.25) is 5.91 Å². The molecule has 2 N–H and O–H groups in total. The Morgan fingerprint density at radius 3 is 2.65 bits per heavy atom. The van der Waals surface area contributed by atoms with Crippen molar-refractivity contribution in [1.29, 1.82) is 0 Å². The van der Waals surface area contributed by atoms with E-state index < -0.39 is 0 Å². The molecule has 0 fully saturated rings. The summed E-state index contributed by atoms with van der Waals surface area (Å²) in [6.07, 6.45) is 0. The first-order valence-electron chi connectivity index (χ1n) is 5.39. The lowest BCUT2D eigenvalue weighted by Crippen LogP contribution is -2.39. The number of halogens is 1. The van der Waals surface area contributed by atoms with Crippen molar-refractivity contribution in [2.45, 2.75) is 13.0 Å². The SMILES string of the molecule is COCC(C)NC(=O)CNc1ccc(Cl)cc1. The molecule has 0 bridgehead atoms. The summed E-state index contributed by atoms with van der Waals surface area (Å²) in [5, 5.41) is 6.49. The third kappa shape index (κ3) is 5.56. The molecule has 94 valence electrons. The Bertz CT molecular complexity index is 354. The molecule has 0 aliphatic heterocycles. The van der Waals surface area contributed by atoms with Crippen LogP contribution in [0.5, 0.6) is 0 Å². The van der Waals surface area contributed by atoms with E-state index in [0.717, 1.165) is 5.69 Å². The molecule has 1 amide bonds. The van der Waals surface area contributed by atoms with Crippen molar-refractivity contribution in [3.63, 3.8) is 0 Å². The topological polar surface area (TPSA) is 50.4 Å². The summed E-state index contributed by atoms with van der Waals surface area (Å²) in [7, 11) is 1.61. The van der Waals surface area contributed by atoms with Crippen LogP contribution in [0.4, 0.5) is 5.69 Å². The number of amides is 1. The average Bonchev–Trinajstić information content (AvgIpc) is 2.28. The molecule has 1 unspecified atom stereocenters. The largest absolute Gasteiger partial charge is 0.383 e. The van der Waals surface area contributed by atoms with Gasteiger partial charge in [0, 0.05) is 23.9 Å². The van der Waals surface area contributed by atoms with E-state index in [1.165, 1.54) is 0 Å². The van der Waals surface area contributed by atoms with E-state index in [0.29, 0.717) is 11.6 Å². The number of nitrogens with one attached hydrogen (secondary N) is 2. The maximum atomic E-state index is 11.5. The zero-order valence-electron chi connectivity index (χ0n) is 10.00. The van der Waals surface area contributed by atoms with Crippen molar-refractivity contribution >= 4 is 23.2 Å². The summed E-state index contributed by atoms with van der Waals surface area (Å²) in [6, 6.07) is 7.21. The molecule has 5 heteroatoms. The zero-order chi connectivity index (χ0) is 12.7. The first-order chi connectivity index (χ1) is 8.11. The summed E-state index contributed by atoms with van der Waals surface area (Å²) in [4.78, 5) is 11.5. The molecule has 0 heterocycles. The second-order valence-corrected chi connectivity index (χ2v) is 4.22. The zero-order valence-corrected chi connectivity index (χ0v) is 10.8. The van der Waals surface area contributed by atoms with E-state index in [4.69, 9.17) is 16.3 Å². The number of carbonyl (C=O) groups excluding carboxylic acids is 1. The Labute approximate surface area is 106 Å². The van der Waals surface area contributed by atoms with Gasteiger partial charge >= 0.3 is 0 Å². The van der Waals surface area contributed by atoms with Gasteiger partial charge < -0.3 is 15.4 Å². The van der Waals surface area contributed by atoms with E-state index in [1.54, 1.807) is 19.2 Å². The number of ether oxygens (including phenoxy) is 1. The van der Waals surface area contributed by atoms with Crippen LogP contribution in [0.15, 0.2) is 24.3 Å². The molecule has 0 radical (unpaired) electrons. The van der Waals surface area contributed by atoms with Crippen LogP contribution in [-0.2, 0) is 9.53 Å². The van der Waals surface area contributed by atoms with Gasteiger partial charge in [-0.1, -0.05) is 11.6 Å². The van der Waals surface area contributed by atoms with Gasteiger partial charge in [0.05, 0.1) is 13.2 Å². The molecule has 4 nitrogen and oxygen atoms in total. The predicted molar refractivity (Wildman–Crippen MR) is 69.4 cm³/mol. The normalized spacial score (nSPS) is 11.9. The van der Waals surface area contributed by atoms with E-state index in [2.05, 4.69) is 10.6 Å². The first-order valence-corrected chi connectivity index (χ1v) is 5.77. The maximum absolute atomic E-state index is 11.5. The minimum Gasteiger partial charge on any atom is -0.383 e. The fourth-order valence-electron chi connectivity index (χ4n) is 1.37. The molecule has 1 aromatic rings. The lowest BCUT2D eigenvalue weighted by molar-refractivity contribution is -0.120. The molecule has 0 aliphatic rings. The van der Waals surface area contributed by atoms with E-state index in [1.807, 2.05) is 19.1 Å². The molecular weight excluding hydrogens is 240 g/mol. The summed E-state index contributed by atoms with van der Waals surface area (Å²) >= 11 is 5.76. The van der Waals surface area contributed by atoms with Crippen molar-refractivity contribution in [1.82, 2.24) is 5.32 Å². The molecule has 1 atom stereocenters. The highest BCUT2D eigenvalue weighted by atomic mass is 35.5. The first kappa shape index (κ1) is 13.8. The number of rotatable bonds is 6. The highest BCUT2D eigenvalue weighted by Crippen LogP contribution is 2.12. The van der Waals surface area contributed by atoms with E-state index in [-0.39, 0.29) is 18.5 Å². The van der Waals surface area contributed by atoms with Gasteiger partial charge in [0.15, 0.2) is 0 Å². The van der Waals surface area contributed by atoms with Gasteiger partial charge in [-0.15, -0.1) is 0 Å². The summed E-state index contributed by atoms with van der Waals surface area (Å²) in [5.41, 5.74) is 0.865. The van der Waals surface area contributed by atoms with Gasteiger partial charge in [0.25, 0.3) is 0 Å². The van der Waals surface area contributed by atoms with Gasteiger partial charge in [-0.05, 0) is 31.2 Å². The number of hydrogen-bond acceptors (Lipinski definition) is 3. The fraction of sp³-hybridized carbons (Fsp3) is 0.417. The Morgan fingerprint density at radius 2 is 2.06 bits per heavy atom. The standard InChI is InChI=1S/C12H17ClN2O2/c1-9(8-17-2)15-12(16)7-14-11-5-3-10(13)4-6-11/h3-6,9,14H,7-8H2,1-2H3,(H,15,16). The van der Waals surface area contributed by atoms with Crippen LogP contribution >= 0.6 is 11.6 Å². The fourth-order valence-corrected chi connectivity index (χ4v) is 1.49. The number of benzene rings is 1. The maximum Gasteiger partial charge on any atom is 0.239 e. The smallest absolute Gasteiger partial charge is 0.239 e. The van der Waals surface area contributed by atoms with Crippen LogP contribution in [0.3, 0.4) is 0 Å². The van der Waals surface area contributed by atoms with Crippen molar-refractivity contribution in [2.75, 3.05) is 25.6 Å². The highest BCUT2D eigenvalue weighted by Gasteiger charge is 2.06. The van der Waals surface area contributed by atoms with Crippen molar-refractivity contribution in [3.8, 4) is 0 Å². The van der Waals surface area contributed by atoms with Crippen LogP contribution in [0.1, 0.15) is 6.92 Å². The molecule has 17 heavy (non-hydrogen) atoms. The second-order valence-electron chi connectivity index (χ2n) is 3.78. The third-order valence-corrected chi connectivity index (χ3v) is 2.37. The number of hydrogen-bond donors (Lipinski definition) is 2. The molecule has 0 aromatic heterocycles. The summed E-state index contributed by atoms with van der Waals surface area (Å²) in [5.74, 6) is -0.0653. The van der Waals surface area contributed by atoms with E-state index >= 15 is 0 Å². The van der Waals surface area contributed by atoms with Crippen molar-refractivity contribution in [2.24, 2.45) is 0 Å². The molecule has 0 saturated heterocycles. The monoisotopic (exact) mass is 256 g/mol. The minimum atomic E-state index is -0.0653. The van der Waals surface area contributed by atoms with Crippen molar-refractivity contribution < 1.29 is 9.53 Å². The molecular formula is C12H17ClN2O2. The van der Waals surface area contributed by atoms with Gasteiger partial charge in [0.1, 0.15) is 0 Å². The average molecular weight is 257 g/mol. The van der Waals surface area contributed by atoms with E-state index in [9.17, 15) is 4.79 Å². The highest BCUT2D eigenvalue weighted by molar-refractivity contribution is 6.30. The number of anilines is 1. The summed E-state index contributed by atoms with van der Waals surface area (Å²) < 4.78 is 4.93. The molecule has 1 aromatic carbocycles. The van der Waals surface area contributed by atoms with Crippen molar-refractivity contribution in [3.05, 3.63) is 29.3 Å². The lowest BCUT2D eigenvalue weighted by atomic mass is 10.3. The van der Waals surface area contributed by atoms with Crippen LogP contribution in [0, 0.1) is 0 Å². The number of carbonyl (C=O) groups is 1. The predicted octanol–water partition coefficient (Wildman–Crippen LogP) is 1.90.